The molecule has 2 N–H and O–H groups in total. The average Bonchev–Trinajstić information content (AvgIpc) is 2.90. The Hall–Kier alpha value is -1.95. The van der Waals surface area contributed by atoms with E-state index in [1.165, 1.54) is 0 Å². The van der Waals surface area contributed by atoms with Crippen molar-refractivity contribution in [2.45, 2.75) is 45.7 Å². The first-order valence-corrected chi connectivity index (χ1v) is 7.82. The summed E-state index contributed by atoms with van der Waals surface area (Å²) in [6.45, 7) is 7.11. The van der Waals surface area contributed by atoms with Gasteiger partial charge in [-0.25, -0.2) is 0 Å². The number of fused-ring (bicyclic) bond motifs is 1. The molecule has 118 valence electrons. The van der Waals surface area contributed by atoms with Crippen LogP contribution in [-0.2, 0) is 4.79 Å². The number of nitrogens with zero attached hydrogens (tertiary/aromatic N) is 3. The highest BCUT2D eigenvalue weighted by Gasteiger charge is 2.37. The van der Waals surface area contributed by atoms with Crippen LogP contribution in [0.1, 0.15) is 45.5 Å². The predicted molar refractivity (Wildman–Crippen MR) is 84.4 cm³/mol. The van der Waals surface area contributed by atoms with Gasteiger partial charge < -0.3 is 10.6 Å². The Balaban J connectivity index is 1.76. The predicted octanol–water partition coefficient (Wildman–Crippen LogP) is 1.68. The van der Waals surface area contributed by atoms with Gasteiger partial charge in [0.15, 0.2) is 11.5 Å². The fourth-order valence-corrected chi connectivity index (χ4v) is 3.18. The molecule has 1 aliphatic rings. The molecule has 6 nitrogen and oxygen atoms in total. The zero-order valence-electron chi connectivity index (χ0n) is 13.3. The summed E-state index contributed by atoms with van der Waals surface area (Å²) in [6.07, 6.45) is 4.08. The minimum atomic E-state index is -0.190. The highest BCUT2D eigenvalue weighted by atomic mass is 16.2. The summed E-state index contributed by atoms with van der Waals surface area (Å²) in [5.74, 6) is 0.780. The third kappa shape index (κ3) is 2.70. The van der Waals surface area contributed by atoms with Crippen LogP contribution in [0.3, 0.4) is 0 Å². The molecule has 6 heteroatoms. The summed E-state index contributed by atoms with van der Waals surface area (Å²) in [6, 6.07) is 5.40. The number of carbonyl (C=O) groups is 1. The molecule has 0 bridgehead atoms. The highest BCUT2D eigenvalue weighted by molar-refractivity contribution is 5.83. The van der Waals surface area contributed by atoms with Crippen molar-refractivity contribution in [1.82, 2.24) is 25.2 Å². The summed E-state index contributed by atoms with van der Waals surface area (Å²) >= 11 is 0. The number of rotatable bonds is 3. The molecule has 0 aliphatic carbocycles. The molecule has 0 spiro atoms. The molecule has 2 aromatic heterocycles. The van der Waals surface area contributed by atoms with Crippen LogP contribution in [0.5, 0.6) is 0 Å². The molecule has 2 aromatic rings. The van der Waals surface area contributed by atoms with Crippen molar-refractivity contribution >= 4 is 11.6 Å². The minimum Gasteiger partial charge on any atom is -0.345 e. The van der Waals surface area contributed by atoms with Gasteiger partial charge in [0, 0.05) is 6.20 Å². The lowest BCUT2D eigenvalue weighted by atomic mass is 9.77. The van der Waals surface area contributed by atoms with E-state index in [9.17, 15) is 4.79 Å². The number of pyridine rings is 1. The summed E-state index contributed by atoms with van der Waals surface area (Å²) in [4.78, 5) is 12.6. The number of hydrogen-bond donors (Lipinski definition) is 2. The second-order valence-electron chi connectivity index (χ2n) is 6.70. The Morgan fingerprint density at radius 1 is 1.45 bits per heavy atom. The van der Waals surface area contributed by atoms with E-state index in [1.807, 2.05) is 35.7 Å². The van der Waals surface area contributed by atoms with Gasteiger partial charge in [0.05, 0.1) is 12.1 Å². The number of amides is 1. The molecule has 0 radical (unpaired) electrons. The van der Waals surface area contributed by atoms with E-state index < -0.39 is 0 Å². The van der Waals surface area contributed by atoms with Gasteiger partial charge >= 0.3 is 0 Å². The topological polar surface area (TPSA) is 71.3 Å². The maximum atomic E-state index is 12.6. The van der Waals surface area contributed by atoms with Gasteiger partial charge in [-0.2, -0.15) is 0 Å². The van der Waals surface area contributed by atoms with Crippen molar-refractivity contribution in [3.05, 3.63) is 30.2 Å². The number of piperidine rings is 1. The summed E-state index contributed by atoms with van der Waals surface area (Å²) in [7, 11) is 0. The van der Waals surface area contributed by atoms with Crippen molar-refractivity contribution in [3.63, 3.8) is 0 Å². The van der Waals surface area contributed by atoms with Gasteiger partial charge in [-0.15, -0.1) is 10.2 Å². The number of aromatic nitrogens is 3. The van der Waals surface area contributed by atoms with Gasteiger partial charge in [-0.1, -0.05) is 19.9 Å². The fourth-order valence-electron chi connectivity index (χ4n) is 3.18. The molecule has 0 saturated carbocycles. The normalized spacial score (nSPS) is 22.4. The molecule has 3 rings (SSSR count). The van der Waals surface area contributed by atoms with Crippen molar-refractivity contribution in [2.75, 3.05) is 6.54 Å². The van der Waals surface area contributed by atoms with Gasteiger partial charge in [0.2, 0.25) is 5.91 Å². The molecule has 22 heavy (non-hydrogen) atoms. The molecule has 1 amide bonds. The Morgan fingerprint density at radius 2 is 2.27 bits per heavy atom. The Morgan fingerprint density at radius 3 is 3.05 bits per heavy atom. The quantitative estimate of drug-likeness (QED) is 0.905. The van der Waals surface area contributed by atoms with Crippen LogP contribution in [0.2, 0.25) is 0 Å². The largest absolute Gasteiger partial charge is 0.345 e. The van der Waals surface area contributed by atoms with Crippen LogP contribution in [0.4, 0.5) is 0 Å². The molecule has 3 heterocycles. The molecule has 2 unspecified atom stereocenters. The van der Waals surface area contributed by atoms with Gasteiger partial charge in [0.1, 0.15) is 0 Å². The van der Waals surface area contributed by atoms with Crippen LogP contribution in [0, 0.1) is 5.41 Å². The Kier molecular flexibility index (Phi) is 3.87. The zero-order valence-corrected chi connectivity index (χ0v) is 13.3. The molecular formula is C16H23N5O. The summed E-state index contributed by atoms with van der Waals surface area (Å²) in [5.41, 5.74) is 0.754. The zero-order chi connectivity index (χ0) is 15.7. The van der Waals surface area contributed by atoms with Gasteiger partial charge in [-0.3, -0.25) is 9.20 Å². The third-order valence-electron chi connectivity index (χ3n) is 4.48. The lowest BCUT2D eigenvalue weighted by molar-refractivity contribution is -0.127. The molecule has 1 aliphatic heterocycles. The Labute approximate surface area is 130 Å². The monoisotopic (exact) mass is 301 g/mol. The van der Waals surface area contributed by atoms with E-state index in [2.05, 4.69) is 34.7 Å². The maximum absolute atomic E-state index is 12.6. The first-order valence-electron chi connectivity index (χ1n) is 7.82. The van der Waals surface area contributed by atoms with E-state index >= 15 is 0 Å². The van der Waals surface area contributed by atoms with E-state index in [0.29, 0.717) is 0 Å². The highest BCUT2D eigenvalue weighted by Crippen LogP contribution is 2.30. The summed E-state index contributed by atoms with van der Waals surface area (Å²) < 4.78 is 1.91. The van der Waals surface area contributed by atoms with E-state index in [4.69, 9.17) is 0 Å². The number of nitrogens with one attached hydrogen (secondary N) is 2. The molecular weight excluding hydrogens is 278 g/mol. The lowest BCUT2D eigenvalue weighted by Gasteiger charge is -2.38. The SMILES string of the molecule is CC(NC(=O)C1NCCCC1(C)C)c1nnc2ccccn12. The Bertz CT molecular complexity index is 678. The average molecular weight is 301 g/mol. The number of hydrogen-bond acceptors (Lipinski definition) is 4. The molecule has 1 fully saturated rings. The van der Waals surface area contributed by atoms with Gasteiger partial charge in [-0.05, 0) is 43.9 Å². The molecule has 1 saturated heterocycles. The molecule has 0 aromatic carbocycles. The first kappa shape index (κ1) is 15.0. The van der Waals surface area contributed by atoms with Crippen molar-refractivity contribution in [2.24, 2.45) is 5.41 Å². The van der Waals surface area contributed by atoms with Crippen molar-refractivity contribution in [1.29, 1.82) is 0 Å². The van der Waals surface area contributed by atoms with Crippen LogP contribution < -0.4 is 10.6 Å². The molecule has 2 atom stereocenters. The van der Waals surface area contributed by atoms with E-state index in [1.54, 1.807) is 0 Å². The van der Waals surface area contributed by atoms with Gasteiger partial charge in [0.25, 0.3) is 0 Å². The minimum absolute atomic E-state index is 0.0323. The second kappa shape index (κ2) is 5.68. The third-order valence-corrected chi connectivity index (χ3v) is 4.48. The van der Waals surface area contributed by atoms with Crippen LogP contribution in [0.25, 0.3) is 5.65 Å². The first-order chi connectivity index (χ1) is 10.5. The van der Waals surface area contributed by atoms with Crippen molar-refractivity contribution < 1.29 is 4.79 Å². The maximum Gasteiger partial charge on any atom is 0.238 e. The van der Waals surface area contributed by atoms with Crippen molar-refractivity contribution in [3.8, 4) is 0 Å². The van der Waals surface area contributed by atoms with Crippen LogP contribution in [0.15, 0.2) is 24.4 Å². The van der Waals surface area contributed by atoms with E-state index in [-0.39, 0.29) is 23.4 Å². The second-order valence-corrected chi connectivity index (χ2v) is 6.70. The van der Waals surface area contributed by atoms with Crippen LogP contribution >= 0.6 is 0 Å². The fraction of sp³-hybridized carbons (Fsp3) is 0.562. The lowest BCUT2D eigenvalue weighted by Crippen LogP contribution is -2.55. The van der Waals surface area contributed by atoms with E-state index in [0.717, 1.165) is 30.9 Å². The standard InChI is InChI=1S/C16H23N5O/c1-11(14-20-19-12-7-4-5-10-21(12)14)18-15(22)13-16(2,3)8-6-9-17-13/h4-5,7,10-11,13,17H,6,8-9H2,1-3H3,(H,18,22). The summed E-state index contributed by atoms with van der Waals surface area (Å²) in [5, 5.41) is 14.8. The smallest absolute Gasteiger partial charge is 0.238 e. The van der Waals surface area contributed by atoms with Crippen LogP contribution in [-0.4, -0.2) is 33.1 Å². The number of carbonyl (C=O) groups excluding carboxylic acids is 1.